The maximum Gasteiger partial charge on any atom is 0.161 e. The van der Waals surface area contributed by atoms with Crippen molar-refractivity contribution in [3.05, 3.63) is 36.0 Å². The summed E-state index contributed by atoms with van der Waals surface area (Å²) in [6.45, 7) is 0. The quantitative estimate of drug-likeness (QED) is 0.590. The molecule has 20 heavy (non-hydrogen) atoms. The van der Waals surface area contributed by atoms with E-state index >= 15 is 0 Å². The lowest BCUT2D eigenvalue weighted by Crippen LogP contribution is -2.11. The minimum atomic E-state index is 0.208. The number of nitrogens with two attached hydrogens (primary N) is 1. The molecule has 1 fully saturated rings. The van der Waals surface area contributed by atoms with Crippen LogP contribution >= 0.6 is 0 Å². The van der Waals surface area contributed by atoms with Crippen LogP contribution in [-0.4, -0.2) is 15.1 Å². The summed E-state index contributed by atoms with van der Waals surface area (Å²) in [4.78, 5) is 9.03. The van der Waals surface area contributed by atoms with Crippen LogP contribution in [0.25, 0.3) is 11.4 Å². The zero-order valence-corrected chi connectivity index (χ0v) is 11.2. The highest BCUT2D eigenvalue weighted by Gasteiger charge is 2.20. The number of hydrogen-bond acceptors (Lipinski definition) is 5. The first-order valence-corrected chi connectivity index (χ1v) is 6.91. The summed E-state index contributed by atoms with van der Waals surface area (Å²) in [5.41, 5.74) is 4.43. The first-order chi connectivity index (χ1) is 9.76. The summed E-state index contributed by atoms with van der Waals surface area (Å²) in [5.74, 6) is 7.41. The number of aromatic hydroxyl groups is 1. The Morgan fingerprint density at radius 2 is 1.95 bits per heavy atom. The maximum atomic E-state index is 9.59. The summed E-state index contributed by atoms with van der Waals surface area (Å²) in [6.07, 6.45) is 4.84. The van der Waals surface area contributed by atoms with Gasteiger partial charge in [0.15, 0.2) is 5.82 Å². The van der Waals surface area contributed by atoms with E-state index in [2.05, 4.69) is 15.4 Å². The molecule has 4 N–H and O–H groups in total. The Kier molecular flexibility index (Phi) is 3.52. The van der Waals surface area contributed by atoms with Gasteiger partial charge in [-0.1, -0.05) is 25.0 Å². The van der Waals surface area contributed by atoms with Gasteiger partial charge in [0.25, 0.3) is 0 Å². The molecule has 1 heterocycles. The Labute approximate surface area is 117 Å². The van der Waals surface area contributed by atoms with Gasteiger partial charge < -0.3 is 10.5 Å². The van der Waals surface area contributed by atoms with E-state index < -0.39 is 0 Å². The standard InChI is InChI=1S/C15H18N4O/c16-19-14-9-13(10-4-1-2-5-10)17-15(18-14)11-6-3-7-12(20)8-11/h3,6-10,20H,1-2,4-5,16H2,(H,17,18,19). The highest BCUT2D eigenvalue weighted by molar-refractivity contribution is 5.59. The van der Waals surface area contributed by atoms with Crippen LogP contribution in [0.5, 0.6) is 5.75 Å². The largest absolute Gasteiger partial charge is 0.508 e. The lowest BCUT2D eigenvalue weighted by Gasteiger charge is -2.12. The first kappa shape index (κ1) is 12.9. The van der Waals surface area contributed by atoms with Gasteiger partial charge in [0, 0.05) is 23.2 Å². The molecular formula is C15H18N4O. The zero-order chi connectivity index (χ0) is 13.9. The number of aromatic nitrogens is 2. The molecule has 2 aromatic rings. The smallest absolute Gasteiger partial charge is 0.161 e. The molecule has 5 heteroatoms. The molecule has 3 rings (SSSR count). The fraction of sp³-hybridized carbons (Fsp3) is 0.333. The van der Waals surface area contributed by atoms with Crippen LogP contribution in [0.15, 0.2) is 30.3 Å². The normalized spacial score (nSPS) is 15.4. The van der Waals surface area contributed by atoms with E-state index in [1.54, 1.807) is 18.2 Å². The molecule has 0 spiro atoms. The van der Waals surface area contributed by atoms with E-state index in [9.17, 15) is 5.11 Å². The van der Waals surface area contributed by atoms with Crippen molar-refractivity contribution in [2.45, 2.75) is 31.6 Å². The maximum absolute atomic E-state index is 9.59. The topological polar surface area (TPSA) is 84.1 Å². The van der Waals surface area contributed by atoms with Gasteiger partial charge in [0.2, 0.25) is 0 Å². The van der Waals surface area contributed by atoms with Crippen LogP contribution in [0.2, 0.25) is 0 Å². The highest BCUT2D eigenvalue weighted by atomic mass is 16.3. The predicted molar refractivity (Wildman–Crippen MR) is 78.2 cm³/mol. The second-order valence-electron chi connectivity index (χ2n) is 5.18. The molecule has 0 amide bonds. The fourth-order valence-corrected chi connectivity index (χ4v) is 2.74. The van der Waals surface area contributed by atoms with Gasteiger partial charge in [-0.25, -0.2) is 15.8 Å². The van der Waals surface area contributed by atoms with Crippen molar-refractivity contribution in [3.8, 4) is 17.1 Å². The third kappa shape index (κ3) is 2.58. The van der Waals surface area contributed by atoms with Gasteiger partial charge in [0.05, 0.1) is 0 Å². The monoisotopic (exact) mass is 270 g/mol. The van der Waals surface area contributed by atoms with E-state index in [-0.39, 0.29) is 5.75 Å². The second-order valence-corrected chi connectivity index (χ2v) is 5.18. The van der Waals surface area contributed by atoms with Crippen molar-refractivity contribution in [2.24, 2.45) is 5.84 Å². The molecule has 1 aromatic heterocycles. The molecule has 0 unspecified atom stereocenters. The van der Waals surface area contributed by atoms with Gasteiger partial charge in [0.1, 0.15) is 11.6 Å². The molecule has 1 aliphatic carbocycles. The fourth-order valence-electron chi connectivity index (χ4n) is 2.74. The average molecular weight is 270 g/mol. The Morgan fingerprint density at radius 1 is 1.15 bits per heavy atom. The van der Waals surface area contributed by atoms with Crippen LogP contribution in [0.3, 0.4) is 0 Å². The van der Waals surface area contributed by atoms with Crippen molar-refractivity contribution < 1.29 is 5.11 Å². The van der Waals surface area contributed by atoms with E-state index in [4.69, 9.17) is 5.84 Å². The first-order valence-electron chi connectivity index (χ1n) is 6.91. The molecule has 1 saturated carbocycles. The molecule has 1 aromatic carbocycles. The van der Waals surface area contributed by atoms with Crippen LogP contribution < -0.4 is 11.3 Å². The summed E-state index contributed by atoms with van der Waals surface area (Å²) in [6, 6.07) is 8.88. The minimum absolute atomic E-state index is 0.208. The number of rotatable bonds is 3. The molecule has 1 aliphatic rings. The molecule has 0 saturated heterocycles. The zero-order valence-electron chi connectivity index (χ0n) is 11.2. The van der Waals surface area contributed by atoms with E-state index in [1.165, 1.54) is 25.7 Å². The van der Waals surface area contributed by atoms with E-state index in [0.717, 1.165) is 11.3 Å². The lowest BCUT2D eigenvalue weighted by molar-refractivity contribution is 0.475. The highest BCUT2D eigenvalue weighted by Crippen LogP contribution is 2.34. The molecule has 0 aliphatic heterocycles. The second kappa shape index (κ2) is 5.46. The summed E-state index contributed by atoms with van der Waals surface area (Å²) in [7, 11) is 0. The Balaban J connectivity index is 2.03. The van der Waals surface area contributed by atoms with Gasteiger partial charge in [-0.05, 0) is 25.0 Å². The summed E-state index contributed by atoms with van der Waals surface area (Å²) in [5, 5.41) is 9.59. The van der Waals surface area contributed by atoms with Gasteiger partial charge in [-0.15, -0.1) is 0 Å². The Hall–Kier alpha value is -2.14. The van der Waals surface area contributed by atoms with Crippen molar-refractivity contribution >= 4 is 5.82 Å². The number of phenolic OH excluding ortho intramolecular Hbond substituents is 1. The third-order valence-electron chi connectivity index (χ3n) is 3.77. The lowest BCUT2D eigenvalue weighted by atomic mass is 10.0. The minimum Gasteiger partial charge on any atom is -0.508 e. The Morgan fingerprint density at radius 3 is 2.65 bits per heavy atom. The molecule has 5 nitrogen and oxygen atoms in total. The number of nitrogen functional groups attached to an aromatic ring is 1. The van der Waals surface area contributed by atoms with Crippen LogP contribution in [0.1, 0.15) is 37.3 Å². The van der Waals surface area contributed by atoms with Gasteiger partial charge in [-0.2, -0.15) is 0 Å². The number of benzene rings is 1. The number of anilines is 1. The summed E-state index contributed by atoms with van der Waals surface area (Å²) < 4.78 is 0. The molecule has 0 bridgehead atoms. The van der Waals surface area contributed by atoms with Crippen molar-refractivity contribution in [1.29, 1.82) is 0 Å². The number of nitrogens with one attached hydrogen (secondary N) is 1. The number of nitrogens with zero attached hydrogens (tertiary/aromatic N) is 2. The van der Waals surface area contributed by atoms with Crippen molar-refractivity contribution in [3.63, 3.8) is 0 Å². The van der Waals surface area contributed by atoms with Crippen LogP contribution in [0.4, 0.5) is 5.82 Å². The third-order valence-corrected chi connectivity index (χ3v) is 3.77. The van der Waals surface area contributed by atoms with Crippen molar-refractivity contribution in [1.82, 2.24) is 9.97 Å². The molecular weight excluding hydrogens is 252 g/mol. The molecule has 0 radical (unpaired) electrons. The number of hydrazine groups is 1. The predicted octanol–water partition coefficient (Wildman–Crippen LogP) is 2.79. The Bertz CT molecular complexity index is 609. The van der Waals surface area contributed by atoms with Crippen LogP contribution in [-0.2, 0) is 0 Å². The average Bonchev–Trinajstić information content (AvgIpc) is 3.01. The SMILES string of the molecule is NNc1cc(C2CCCC2)nc(-c2cccc(O)c2)n1. The van der Waals surface area contributed by atoms with Gasteiger partial charge in [-0.3, -0.25) is 0 Å². The molecule has 0 atom stereocenters. The van der Waals surface area contributed by atoms with Crippen molar-refractivity contribution in [2.75, 3.05) is 5.43 Å². The van der Waals surface area contributed by atoms with Gasteiger partial charge >= 0.3 is 0 Å². The molecule has 104 valence electrons. The van der Waals surface area contributed by atoms with E-state index in [0.29, 0.717) is 17.6 Å². The van der Waals surface area contributed by atoms with E-state index in [1.807, 2.05) is 12.1 Å². The number of phenols is 1. The van der Waals surface area contributed by atoms with Crippen LogP contribution in [0, 0.1) is 0 Å². The number of hydrogen-bond donors (Lipinski definition) is 3. The summed E-state index contributed by atoms with van der Waals surface area (Å²) >= 11 is 0.